The van der Waals surface area contributed by atoms with Crippen molar-refractivity contribution in [2.24, 2.45) is 0 Å². The molecule has 1 fully saturated rings. The van der Waals surface area contributed by atoms with Gasteiger partial charge in [-0.15, -0.1) is 0 Å². The molecule has 2 heterocycles. The SMILES string of the molecule is O=C(NCc1ccc(F)cc1)c1ccc(CSc2nc(Cl)cc(N3CCN(c4ccccc4Cl)CC3)n2)cc1. The summed E-state index contributed by atoms with van der Waals surface area (Å²) in [4.78, 5) is 26.1. The Morgan fingerprint density at radius 3 is 2.26 bits per heavy atom. The van der Waals surface area contributed by atoms with Crippen molar-refractivity contribution in [1.29, 1.82) is 0 Å². The van der Waals surface area contributed by atoms with Crippen molar-refractivity contribution in [2.45, 2.75) is 17.5 Å². The van der Waals surface area contributed by atoms with Gasteiger partial charge in [0.25, 0.3) is 5.91 Å². The summed E-state index contributed by atoms with van der Waals surface area (Å²) in [7, 11) is 0. The highest BCUT2D eigenvalue weighted by Gasteiger charge is 2.21. The molecular formula is C29H26Cl2FN5OS. The number of para-hydroxylation sites is 1. The van der Waals surface area contributed by atoms with Crippen LogP contribution in [0.3, 0.4) is 0 Å². The number of anilines is 2. The van der Waals surface area contributed by atoms with E-state index in [2.05, 4.69) is 20.1 Å². The quantitative estimate of drug-likeness (QED) is 0.146. The van der Waals surface area contributed by atoms with Crippen molar-refractivity contribution in [3.05, 3.63) is 112 Å². The highest BCUT2D eigenvalue weighted by molar-refractivity contribution is 7.98. The summed E-state index contributed by atoms with van der Waals surface area (Å²) in [5.74, 6) is 0.961. The summed E-state index contributed by atoms with van der Waals surface area (Å²) in [6.07, 6.45) is 0. The fourth-order valence-electron chi connectivity index (χ4n) is 4.28. The van der Waals surface area contributed by atoms with E-state index in [4.69, 9.17) is 28.2 Å². The Labute approximate surface area is 241 Å². The number of piperazine rings is 1. The second-order valence-electron chi connectivity index (χ2n) is 9.05. The molecule has 0 atom stereocenters. The number of nitrogens with zero attached hydrogens (tertiary/aromatic N) is 4. The third-order valence-electron chi connectivity index (χ3n) is 6.41. The first-order valence-corrected chi connectivity index (χ1v) is 14.2. The van der Waals surface area contributed by atoms with Crippen molar-refractivity contribution in [3.63, 3.8) is 0 Å². The predicted molar refractivity (Wildman–Crippen MR) is 156 cm³/mol. The summed E-state index contributed by atoms with van der Waals surface area (Å²) in [5, 5.41) is 4.62. The lowest BCUT2D eigenvalue weighted by molar-refractivity contribution is 0.0951. The van der Waals surface area contributed by atoms with Crippen LogP contribution in [0.15, 0.2) is 84.0 Å². The maximum absolute atomic E-state index is 13.1. The number of amides is 1. The first-order valence-electron chi connectivity index (χ1n) is 12.5. The minimum atomic E-state index is -0.301. The van der Waals surface area contributed by atoms with Gasteiger partial charge < -0.3 is 15.1 Å². The van der Waals surface area contributed by atoms with Gasteiger partial charge in [-0.3, -0.25) is 4.79 Å². The Morgan fingerprint density at radius 1 is 0.872 bits per heavy atom. The molecule has 39 heavy (non-hydrogen) atoms. The molecule has 1 amide bonds. The number of thioether (sulfide) groups is 1. The maximum Gasteiger partial charge on any atom is 0.251 e. The molecule has 0 radical (unpaired) electrons. The summed E-state index contributed by atoms with van der Waals surface area (Å²) < 4.78 is 13.1. The molecule has 5 rings (SSSR count). The van der Waals surface area contributed by atoms with Gasteiger partial charge in [0, 0.05) is 50.1 Å². The fourth-order valence-corrected chi connectivity index (χ4v) is 5.58. The second kappa shape index (κ2) is 12.7. The van der Waals surface area contributed by atoms with Crippen LogP contribution in [0.1, 0.15) is 21.5 Å². The number of carbonyl (C=O) groups excluding carboxylic acids is 1. The van der Waals surface area contributed by atoms with E-state index >= 15 is 0 Å². The van der Waals surface area contributed by atoms with Crippen LogP contribution < -0.4 is 15.1 Å². The zero-order chi connectivity index (χ0) is 27.2. The molecule has 10 heteroatoms. The number of hydrogen-bond donors (Lipinski definition) is 1. The molecule has 0 saturated carbocycles. The van der Waals surface area contributed by atoms with Gasteiger partial charge in [-0.05, 0) is 47.5 Å². The molecular weight excluding hydrogens is 556 g/mol. The second-order valence-corrected chi connectivity index (χ2v) is 10.8. The van der Waals surface area contributed by atoms with Crippen LogP contribution >= 0.6 is 35.0 Å². The van der Waals surface area contributed by atoms with E-state index in [1.54, 1.807) is 30.3 Å². The Balaban J connectivity index is 1.14. The molecule has 1 N–H and O–H groups in total. The van der Waals surface area contributed by atoms with Crippen molar-refractivity contribution < 1.29 is 9.18 Å². The Hall–Kier alpha value is -3.33. The third kappa shape index (κ3) is 7.20. The van der Waals surface area contributed by atoms with Crippen LogP contribution in [0.5, 0.6) is 0 Å². The zero-order valence-corrected chi connectivity index (χ0v) is 23.3. The van der Waals surface area contributed by atoms with E-state index in [9.17, 15) is 9.18 Å². The number of halogens is 3. The van der Waals surface area contributed by atoms with Crippen molar-refractivity contribution in [1.82, 2.24) is 15.3 Å². The van der Waals surface area contributed by atoms with E-state index in [1.807, 2.05) is 36.4 Å². The number of nitrogens with one attached hydrogen (secondary N) is 1. The van der Waals surface area contributed by atoms with Crippen molar-refractivity contribution in [3.8, 4) is 0 Å². The van der Waals surface area contributed by atoms with E-state index < -0.39 is 0 Å². The number of aromatic nitrogens is 2. The molecule has 4 aromatic rings. The number of carbonyl (C=O) groups is 1. The molecule has 0 spiro atoms. The lowest BCUT2D eigenvalue weighted by Crippen LogP contribution is -2.47. The molecule has 0 aliphatic carbocycles. The molecule has 1 aromatic heterocycles. The van der Waals surface area contributed by atoms with Crippen LogP contribution in [-0.4, -0.2) is 42.1 Å². The molecule has 0 unspecified atom stereocenters. The topological polar surface area (TPSA) is 61.4 Å². The summed E-state index contributed by atoms with van der Waals surface area (Å²) in [6.45, 7) is 3.59. The monoisotopic (exact) mass is 581 g/mol. The van der Waals surface area contributed by atoms with E-state index in [-0.39, 0.29) is 11.7 Å². The van der Waals surface area contributed by atoms with Gasteiger partial charge in [-0.2, -0.15) is 0 Å². The average Bonchev–Trinajstić information content (AvgIpc) is 2.96. The molecule has 0 bridgehead atoms. The van der Waals surface area contributed by atoms with Crippen molar-refractivity contribution >= 4 is 52.4 Å². The zero-order valence-electron chi connectivity index (χ0n) is 21.0. The molecule has 1 aliphatic heterocycles. The van der Waals surface area contributed by atoms with Gasteiger partial charge in [-0.25, -0.2) is 14.4 Å². The van der Waals surface area contributed by atoms with Crippen LogP contribution in [0, 0.1) is 5.82 Å². The highest BCUT2D eigenvalue weighted by Crippen LogP contribution is 2.29. The summed E-state index contributed by atoms with van der Waals surface area (Å²) >= 11 is 14.2. The molecule has 200 valence electrons. The van der Waals surface area contributed by atoms with Gasteiger partial charge in [0.2, 0.25) is 0 Å². The first-order chi connectivity index (χ1) is 18.9. The van der Waals surface area contributed by atoms with E-state index in [0.717, 1.165) is 53.8 Å². The van der Waals surface area contributed by atoms with Crippen LogP contribution in [0.4, 0.5) is 15.9 Å². The highest BCUT2D eigenvalue weighted by atomic mass is 35.5. The van der Waals surface area contributed by atoms with Gasteiger partial charge in [0.15, 0.2) is 5.16 Å². The number of hydrogen-bond acceptors (Lipinski definition) is 6. The summed E-state index contributed by atoms with van der Waals surface area (Å²) in [6, 6.07) is 23.2. The normalized spacial score (nSPS) is 13.4. The minimum absolute atomic E-state index is 0.184. The van der Waals surface area contributed by atoms with Crippen LogP contribution in [0.25, 0.3) is 0 Å². The molecule has 1 saturated heterocycles. The standard InChI is InChI=1S/C29H26Cl2FN5OS/c30-24-3-1-2-4-25(24)36-13-15-37(16-14-36)27-17-26(31)34-29(35-27)39-19-21-5-9-22(10-6-21)28(38)33-18-20-7-11-23(32)12-8-20/h1-12,17H,13-16,18-19H2,(H,33,38). The van der Waals surface area contributed by atoms with E-state index in [1.165, 1.54) is 23.9 Å². The lowest BCUT2D eigenvalue weighted by atomic mass is 10.1. The fraction of sp³-hybridized carbons (Fsp3) is 0.207. The minimum Gasteiger partial charge on any atom is -0.367 e. The van der Waals surface area contributed by atoms with Crippen molar-refractivity contribution in [2.75, 3.05) is 36.0 Å². The van der Waals surface area contributed by atoms with Gasteiger partial charge in [0.1, 0.15) is 16.8 Å². The van der Waals surface area contributed by atoms with E-state index in [0.29, 0.717) is 28.2 Å². The molecule has 3 aromatic carbocycles. The number of benzene rings is 3. The largest absolute Gasteiger partial charge is 0.367 e. The summed E-state index contributed by atoms with van der Waals surface area (Å²) in [5.41, 5.74) is 3.48. The predicted octanol–water partition coefficient (Wildman–Crippen LogP) is 6.47. The maximum atomic E-state index is 13.1. The first kappa shape index (κ1) is 27.2. The van der Waals surface area contributed by atoms with Gasteiger partial charge >= 0.3 is 0 Å². The average molecular weight is 583 g/mol. The van der Waals surface area contributed by atoms with Gasteiger partial charge in [-0.1, -0.05) is 71.4 Å². The third-order valence-corrected chi connectivity index (χ3v) is 7.84. The Bertz CT molecular complexity index is 1430. The van der Waals surface area contributed by atoms with Crippen LogP contribution in [-0.2, 0) is 12.3 Å². The van der Waals surface area contributed by atoms with Gasteiger partial charge in [0.05, 0.1) is 10.7 Å². The van der Waals surface area contributed by atoms with Crippen LogP contribution in [0.2, 0.25) is 10.2 Å². The smallest absolute Gasteiger partial charge is 0.251 e. The molecule has 1 aliphatic rings. The number of rotatable bonds is 8. The Morgan fingerprint density at radius 2 is 1.54 bits per heavy atom. The lowest BCUT2D eigenvalue weighted by Gasteiger charge is -2.37. The Kier molecular flexibility index (Phi) is 8.86. The molecule has 6 nitrogen and oxygen atoms in total.